The number of hydrogen-bond donors (Lipinski definition) is 6. The Morgan fingerprint density at radius 3 is 2.20 bits per heavy atom. The second-order valence-corrected chi connectivity index (χ2v) is 10.8. The van der Waals surface area contributed by atoms with Crippen molar-refractivity contribution < 1.29 is 47.6 Å². The number of amides is 1. The number of carbonyl (C=O) groups is 4. The summed E-state index contributed by atoms with van der Waals surface area (Å²) >= 11 is 0. The van der Waals surface area contributed by atoms with Gasteiger partial charge in [0.15, 0.2) is 11.6 Å². The van der Waals surface area contributed by atoms with Crippen LogP contribution in [0.1, 0.15) is 103 Å². The van der Waals surface area contributed by atoms with Gasteiger partial charge in [-0.2, -0.15) is 0 Å². The zero-order chi connectivity index (χ0) is 30.3. The number of Topliss-reactive ketones (excluding diaryl/α,β-unsaturated/α-hetero) is 2. The van der Waals surface area contributed by atoms with Gasteiger partial charge in [-0.1, -0.05) is 58.1 Å². The lowest BCUT2D eigenvalue weighted by atomic mass is 9.72. The van der Waals surface area contributed by atoms with Crippen LogP contribution in [0.5, 0.6) is 5.75 Å². The van der Waals surface area contributed by atoms with Crippen molar-refractivity contribution in [2.75, 3.05) is 13.2 Å². The highest BCUT2D eigenvalue weighted by Crippen LogP contribution is 2.37. The minimum atomic E-state index is -2.22. The quantitative estimate of drug-likeness (QED) is 0.204. The Morgan fingerprint density at radius 2 is 1.75 bits per heavy atom. The molecule has 1 saturated carbocycles. The topological polar surface area (TPSA) is 195 Å². The van der Waals surface area contributed by atoms with Crippen molar-refractivity contribution in [3.8, 4) is 5.75 Å². The smallest absolute Gasteiger partial charge is 0.303 e. The summed E-state index contributed by atoms with van der Waals surface area (Å²) in [4.78, 5) is 45.3. The summed E-state index contributed by atoms with van der Waals surface area (Å²) in [5.41, 5.74) is 3.76. The maximum absolute atomic E-state index is 12.4. The highest BCUT2D eigenvalue weighted by molar-refractivity contribution is 6.02. The van der Waals surface area contributed by atoms with E-state index in [0.717, 1.165) is 12.3 Å². The number of ketones is 2. The number of hydrogen-bond acceptors (Lipinski definition) is 8. The number of carboxylic acids is 1. The fourth-order valence-corrected chi connectivity index (χ4v) is 5.49. The number of benzene rings is 1. The number of aliphatic hydroxyl groups is 3. The van der Waals surface area contributed by atoms with Crippen LogP contribution in [0.2, 0.25) is 0 Å². The van der Waals surface area contributed by atoms with E-state index in [0.29, 0.717) is 18.4 Å². The van der Waals surface area contributed by atoms with E-state index < -0.39 is 42.2 Å². The van der Waals surface area contributed by atoms with E-state index in [1.807, 2.05) is 6.92 Å². The molecule has 3 rings (SSSR count). The number of aromatic hydroxyl groups is 1. The van der Waals surface area contributed by atoms with Crippen LogP contribution in [0.25, 0.3) is 0 Å². The van der Waals surface area contributed by atoms with E-state index in [9.17, 15) is 39.6 Å². The lowest BCUT2D eigenvalue weighted by Crippen LogP contribution is -2.51. The molecule has 1 aromatic rings. The predicted octanol–water partition coefficient (Wildman–Crippen LogP) is 3.64. The van der Waals surface area contributed by atoms with Crippen molar-refractivity contribution in [1.29, 1.82) is 0 Å². The van der Waals surface area contributed by atoms with E-state index in [-0.39, 0.29) is 51.7 Å². The Morgan fingerprint density at radius 1 is 1.10 bits per heavy atom. The van der Waals surface area contributed by atoms with Crippen molar-refractivity contribution in [2.24, 2.45) is 23.5 Å². The summed E-state index contributed by atoms with van der Waals surface area (Å²) in [6.45, 7) is 2.89. The van der Waals surface area contributed by atoms with E-state index in [1.54, 1.807) is 12.1 Å². The number of nitrogens with two attached hydrogens (primary N) is 1. The Labute approximate surface area is 239 Å². The first-order valence-electron chi connectivity index (χ1n) is 14.2. The van der Waals surface area contributed by atoms with Crippen LogP contribution in [0.3, 0.4) is 0 Å². The number of phenolic OH excluding ortho intramolecular Hbond substituents is 1. The number of rotatable bonds is 12. The number of aliphatic carboxylic acids is 1. The van der Waals surface area contributed by atoms with Crippen molar-refractivity contribution >= 4 is 23.4 Å². The molecule has 0 heterocycles. The second kappa shape index (κ2) is 17.8. The van der Waals surface area contributed by atoms with Crippen molar-refractivity contribution in [2.45, 2.75) is 96.5 Å². The maximum atomic E-state index is 12.4. The Bertz CT molecular complexity index is 986. The molecule has 2 aliphatic rings. The molecule has 0 radical (unpaired) electrons. The molecule has 2 unspecified atom stereocenters. The maximum Gasteiger partial charge on any atom is 0.303 e. The summed E-state index contributed by atoms with van der Waals surface area (Å²) in [7, 11) is 0. The highest BCUT2D eigenvalue weighted by Gasteiger charge is 2.44. The molecule has 1 aromatic carbocycles. The van der Waals surface area contributed by atoms with Crippen molar-refractivity contribution in [3.63, 3.8) is 0 Å². The number of carbonyl (C=O) groups excluding carboxylic acids is 3. The first-order valence-corrected chi connectivity index (χ1v) is 14.2. The first-order chi connectivity index (χ1) is 18.9. The summed E-state index contributed by atoms with van der Waals surface area (Å²) in [6, 6.07) is 4.81. The molecule has 0 aliphatic heterocycles. The van der Waals surface area contributed by atoms with Gasteiger partial charge in [0.1, 0.15) is 11.4 Å². The Hall–Kier alpha value is -2.82. The Balaban J connectivity index is 0. The molecule has 0 saturated heterocycles. The van der Waals surface area contributed by atoms with Gasteiger partial charge in [-0.25, -0.2) is 0 Å². The largest absolute Gasteiger partial charge is 0.507 e. The van der Waals surface area contributed by atoms with Gasteiger partial charge in [0.2, 0.25) is 5.91 Å². The van der Waals surface area contributed by atoms with Crippen LogP contribution < -0.4 is 5.73 Å². The van der Waals surface area contributed by atoms with E-state index in [4.69, 9.17) is 10.8 Å². The predicted molar refractivity (Wildman–Crippen MR) is 154 cm³/mol. The molecule has 10 heteroatoms. The molecule has 10 nitrogen and oxygen atoms in total. The number of primary amides is 1. The molecule has 40 heavy (non-hydrogen) atoms. The third kappa shape index (κ3) is 11.0. The molecule has 1 fully saturated rings. The lowest BCUT2D eigenvalue weighted by molar-refractivity contribution is -0.153. The standard InChI is InChI=1S/C19H25NO7.C7H14.C4H8O2.2H2/c20-17(26)9-16(25)19(27,10-22)13(4-5-21)7-11-6-12-2-1-3-14(23)18(12)15(24)8-11;1-2-7-5-3-4-6-7;1-2-3-4(5)6;;/h1-3,11,13,21-23,27H,4-10H2,(H2,20,26);7H,2-6H2,1H3;2-3H2,1H3,(H,5,6);2*1H/t11?,13?,19-;;;;/m1..../s1. The molecule has 3 atom stereocenters. The lowest BCUT2D eigenvalue weighted by Gasteiger charge is -2.36. The number of aliphatic hydroxyl groups excluding tert-OH is 2. The summed E-state index contributed by atoms with van der Waals surface area (Å²) in [5, 5.41) is 47.5. The monoisotopic (exact) mass is 569 g/mol. The van der Waals surface area contributed by atoms with Crippen LogP contribution in [0.4, 0.5) is 0 Å². The zero-order valence-electron chi connectivity index (χ0n) is 23.8. The second-order valence-electron chi connectivity index (χ2n) is 10.8. The normalized spacial score (nSPS) is 18.7. The van der Waals surface area contributed by atoms with Gasteiger partial charge in [-0.05, 0) is 55.1 Å². The molecule has 7 N–H and O–H groups in total. The van der Waals surface area contributed by atoms with Gasteiger partial charge >= 0.3 is 5.97 Å². The zero-order valence-corrected chi connectivity index (χ0v) is 23.8. The molecular weight excluding hydrogens is 518 g/mol. The van der Waals surface area contributed by atoms with Gasteiger partial charge < -0.3 is 31.3 Å². The first kappa shape index (κ1) is 35.2. The summed E-state index contributed by atoms with van der Waals surface area (Å²) in [6.07, 6.45) is 8.49. The third-order valence-electron chi connectivity index (χ3n) is 7.74. The molecule has 1 amide bonds. The van der Waals surface area contributed by atoms with Gasteiger partial charge in [0, 0.05) is 22.3 Å². The summed E-state index contributed by atoms with van der Waals surface area (Å²) in [5.74, 6) is -2.86. The Kier molecular flexibility index (Phi) is 15.7. The fraction of sp³-hybridized carbons (Fsp3) is 0.667. The summed E-state index contributed by atoms with van der Waals surface area (Å²) < 4.78 is 0. The van der Waals surface area contributed by atoms with Crippen LogP contribution in [0.15, 0.2) is 18.2 Å². The van der Waals surface area contributed by atoms with Crippen LogP contribution in [-0.4, -0.2) is 67.8 Å². The van der Waals surface area contributed by atoms with E-state index >= 15 is 0 Å². The average molecular weight is 570 g/mol. The SMILES string of the molecule is CCC1CCCC1.CCCC(=O)O.NC(=O)CC(=O)[C@@](O)(CO)C(CCO)CC1CC(=O)c2c(O)cccc2C1.[HH].[HH]. The van der Waals surface area contributed by atoms with Crippen molar-refractivity contribution in [3.05, 3.63) is 29.3 Å². The van der Waals surface area contributed by atoms with E-state index in [1.165, 1.54) is 38.2 Å². The molecule has 230 valence electrons. The van der Waals surface area contributed by atoms with E-state index in [2.05, 4.69) is 6.92 Å². The van der Waals surface area contributed by atoms with Gasteiger partial charge in [0.05, 0.1) is 18.6 Å². The molecular formula is C30H51NO9. The fourth-order valence-electron chi connectivity index (χ4n) is 5.49. The molecule has 0 bridgehead atoms. The van der Waals surface area contributed by atoms with Gasteiger partial charge in [-0.15, -0.1) is 0 Å². The molecule has 0 aromatic heterocycles. The number of phenols is 1. The van der Waals surface area contributed by atoms with Crippen LogP contribution >= 0.6 is 0 Å². The van der Waals surface area contributed by atoms with Crippen LogP contribution in [0, 0.1) is 17.8 Å². The minimum Gasteiger partial charge on any atom is -0.507 e. The number of carboxylic acid groups (broad SMARTS) is 1. The molecule has 0 spiro atoms. The highest BCUT2D eigenvalue weighted by atomic mass is 16.4. The number of fused-ring (bicyclic) bond motifs is 1. The molecule has 2 aliphatic carbocycles. The van der Waals surface area contributed by atoms with Crippen LogP contribution in [-0.2, 0) is 20.8 Å². The van der Waals surface area contributed by atoms with Gasteiger partial charge in [-0.3, -0.25) is 19.2 Å². The van der Waals surface area contributed by atoms with Gasteiger partial charge in [0.25, 0.3) is 0 Å². The average Bonchev–Trinajstić information content (AvgIpc) is 3.42. The van der Waals surface area contributed by atoms with Crippen molar-refractivity contribution in [1.82, 2.24) is 0 Å². The minimum absolute atomic E-state index is 0. The third-order valence-corrected chi connectivity index (χ3v) is 7.74.